The SMILES string of the molecule is Cc1c([C@@H](NC(=O)Nc2cnc(N)nc2)C(F)(F)F)nn2ccccc12. The smallest absolute Gasteiger partial charge is 0.368 e. The molecule has 2 amide bonds. The maximum absolute atomic E-state index is 13.5. The van der Waals surface area contributed by atoms with Gasteiger partial charge in [0.25, 0.3) is 0 Å². The van der Waals surface area contributed by atoms with Crippen LogP contribution in [0.4, 0.5) is 29.6 Å². The monoisotopic (exact) mass is 365 g/mol. The Morgan fingerprint density at radius 3 is 2.58 bits per heavy atom. The Labute approximate surface area is 145 Å². The van der Waals surface area contributed by atoms with Crippen molar-refractivity contribution < 1.29 is 18.0 Å². The normalized spacial score (nSPS) is 12.8. The number of amides is 2. The van der Waals surface area contributed by atoms with Gasteiger partial charge in [0.2, 0.25) is 5.95 Å². The van der Waals surface area contributed by atoms with E-state index in [1.165, 1.54) is 30.0 Å². The molecule has 8 nitrogen and oxygen atoms in total. The number of nitrogens with two attached hydrogens (primary N) is 1. The lowest BCUT2D eigenvalue weighted by Gasteiger charge is -2.20. The van der Waals surface area contributed by atoms with Gasteiger partial charge in [0.1, 0.15) is 0 Å². The number of urea groups is 1. The van der Waals surface area contributed by atoms with Crippen molar-refractivity contribution in [1.82, 2.24) is 24.9 Å². The minimum absolute atomic E-state index is 0.0237. The molecule has 1 atom stereocenters. The summed E-state index contributed by atoms with van der Waals surface area (Å²) in [5, 5.41) is 8.09. The van der Waals surface area contributed by atoms with Crippen molar-refractivity contribution in [3.8, 4) is 0 Å². The summed E-state index contributed by atoms with van der Waals surface area (Å²) in [6.45, 7) is 1.52. The van der Waals surface area contributed by atoms with E-state index in [0.29, 0.717) is 11.1 Å². The van der Waals surface area contributed by atoms with Gasteiger partial charge in [-0.05, 0) is 19.1 Å². The maximum atomic E-state index is 13.5. The summed E-state index contributed by atoms with van der Waals surface area (Å²) in [7, 11) is 0. The van der Waals surface area contributed by atoms with Gasteiger partial charge in [-0.15, -0.1) is 0 Å². The molecule has 0 aliphatic carbocycles. The Morgan fingerprint density at radius 1 is 1.27 bits per heavy atom. The van der Waals surface area contributed by atoms with Crippen LogP contribution in [-0.2, 0) is 0 Å². The third kappa shape index (κ3) is 3.50. The van der Waals surface area contributed by atoms with Crippen LogP contribution in [0.2, 0.25) is 0 Å². The van der Waals surface area contributed by atoms with Crippen LogP contribution in [-0.4, -0.2) is 31.8 Å². The molecule has 3 aromatic heterocycles. The van der Waals surface area contributed by atoms with Crippen molar-refractivity contribution in [1.29, 1.82) is 0 Å². The average molecular weight is 365 g/mol. The predicted octanol–water partition coefficient (Wildman–Crippen LogP) is 2.44. The average Bonchev–Trinajstić information content (AvgIpc) is 2.91. The van der Waals surface area contributed by atoms with Gasteiger partial charge >= 0.3 is 12.2 Å². The number of carbonyl (C=O) groups is 1. The number of nitrogens with zero attached hydrogens (tertiary/aromatic N) is 4. The first-order chi connectivity index (χ1) is 12.3. The van der Waals surface area contributed by atoms with Crippen molar-refractivity contribution in [2.45, 2.75) is 19.1 Å². The molecule has 0 spiro atoms. The molecule has 0 aliphatic rings. The van der Waals surface area contributed by atoms with Crippen LogP contribution in [0.5, 0.6) is 0 Å². The largest absolute Gasteiger partial charge is 0.414 e. The number of halogens is 3. The number of carbonyl (C=O) groups excluding carboxylic acids is 1. The summed E-state index contributed by atoms with van der Waals surface area (Å²) in [5.41, 5.74) is 5.97. The summed E-state index contributed by atoms with van der Waals surface area (Å²) in [6, 6.07) is 1.63. The van der Waals surface area contributed by atoms with Gasteiger partial charge in [0.05, 0.1) is 29.3 Å². The summed E-state index contributed by atoms with van der Waals surface area (Å²) < 4.78 is 41.9. The third-order valence-corrected chi connectivity index (χ3v) is 3.63. The lowest BCUT2D eigenvalue weighted by molar-refractivity contribution is -0.155. The number of alkyl halides is 3. The van der Waals surface area contributed by atoms with Crippen LogP contribution in [0.15, 0.2) is 36.8 Å². The molecule has 0 bridgehead atoms. The summed E-state index contributed by atoms with van der Waals surface area (Å²) in [6.07, 6.45) is -0.843. The van der Waals surface area contributed by atoms with Crippen molar-refractivity contribution in [3.63, 3.8) is 0 Å². The summed E-state index contributed by atoms with van der Waals surface area (Å²) in [5.74, 6) is -0.0237. The lowest BCUT2D eigenvalue weighted by atomic mass is 10.1. The van der Waals surface area contributed by atoms with Crippen molar-refractivity contribution in [2.75, 3.05) is 11.1 Å². The maximum Gasteiger partial charge on any atom is 0.414 e. The quantitative estimate of drug-likeness (QED) is 0.660. The topological polar surface area (TPSA) is 110 Å². The number of nitrogens with one attached hydrogen (secondary N) is 2. The third-order valence-electron chi connectivity index (χ3n) is 3.63. The van der Waals surface area contributed by atoms with Crippen LogP contribution in [0, 0.1) is 6.92 Å². The zero-order chi connectivity index (χ0) is 18.9. The first-order valence-corrected chi connectivity index (χ1v) is 7.41. The fourth-order valence-electron chi connectivity index (χ4n) is 2.42. The molecule has 4 N–H and O–H groups in total. The molecule has 26 heavy (non-hydrogen) atoms. The van der Waals surface area contributed by atoms with E-state index >= 15 is 0 Å². The number of hydrogen-bond acceptors (Lipinski definition) is 5. The highest BCUT2D eigenvalue weighted by atomic mass is 19.4. The molecule has 0 radical (unpaired) electrons. The van der Waals surface area contributed by atoms with Gasteiger partial charge in [0, 0.05) is 11.8 Å². The van der Waals surface area contributed by atoms with E-state index in [0.717, 1.165) is 0 Å². The van der Waals surface area contributed by atoms with Crippen LogP contribution in [0.25, 0.3) is 5.52 Å². The fraction of sp³-hybridized carbons (Fsp3) is 0.200. The van der Waals surface area contributed by atoms with E-state index in [9.17, 15) is 18.0 Å². The van der Waals surface area contributed by atoms with Crippen LogP contribution in [0.1, 0.15) is 17.3 Å². The molecular formula is C15H14F3N7O. The van der Waals surface area contributed by atoms with Crippen LogP contribution < -0.4 is 16.4 Å². The van der Waals surface area contributed by atoms with E-state index in [4.69, 9.17) is 5.73 Å². The Hall–Kier alpha value is -3.37. The number of nitrogen functional groups attached to an aromatic ring is 1. The van der Waals surface area contributed by atoms with Crippen LogP contribution in [0.3, 0.4) is 0 Å². The summed E-state index contributed by atoms with van der Waals surface area (Å²) in [4.78, 5) is 19.3. The van der Waals surface area contributed by atoms with E-state index in [-0.39, 0.29) is 17.3 Å². The van der Waals surface area contributed by atoms with Gasteiger partial charge < -0.3 is 16.4 Å². The standard InChI is InChI=1S/C15H14F3N7O/c1-8-10-4-2-3-5-25(10)24-11(8)12(15(16,17)18)23-14(26)22-9-6-20-13(19)21-7-9/h2-7,12H,1H3,(H2,19,20,21)(H2,22,23,26)/t12-/m1/s1. The molecule has 3 aromatic rings. The molecule has 136 valence electrons. The molecule has 3 heterocycles. The van der Waals surface area contributed by atoms with E-state index in [1.807, 2.05) is 5.32 Å². The number of rotatable bonds is 3. The second-order valence-electron chi connectivity index (χ2n) is 5.44. The first-order valence-electron chi connectivity index (χ1n) is 7.41. The number of pyridine rings is 1. The van der Waals surface area contributed by atoms with Gasteiger partial charge in [-0.3, -0.25) is 0 Å². The van der Waals surface area contributed by atoms with Gasteiger partial charge in [-0.25, -0.2) is 19.3 Å². The Morgan fingerprint density at radius 2 is 1.96 bits per heavy atom. The zero-order valence-corrected chi connectivity index (χ0v) is 13.4. The highest BCUT2D eigenvalue weighted by molar-refractivity contribution is 5.89. The van der Waals surface area contributed by atoms with Gasteiger partial charge in [0.15, 0.2) is 6.04 Å². The molecule has 0 saturated carbocycles. The Kier molecular flexibility index (Phi) is 4.36. The predicted molar refractivity (Wildman–Crippen MR) is 87.3 cm³/mol. The van der Waals surface area contributed by atoms with Crippen LogP contribution >= 0.6 is 0 Å². The van der Waals surface area contributed by atoms with Crippen molar-refractivity contribution >= 4 is 23.2 Å². The second-order valence-corrected chi connectivity index (χ2v) is 5.44. The van der Waals surface area contributed by atoms with E-state index in [1.54, 1.807) is 18.2 Å². The van der Waals surface area contributed by atoms with Crippen molar-refractivity contribution in [3.05, 3.63) is 48.0 Å². The molecule has 0 unspecified atom stereocenters. The Bertz CT molecular complexity index is 937. The zero-order valence-electron chi connectivity index (χ0n) is 13.4. The van der Waals surface area contributed by atoms with Crippen molar-refractivity contribution in [2.24, 2.45) is 0 Å². The first kappa shape index (κ1) is 17.5. The second kappa shape index (κ2) is 6.50. The number of fused-ring (bicyclic) bond motifs is 1. The molecule has 11 heteroatoms. The number of aryl methyl sites for hydroxylation is 1. The molecule has 0 fully saturated rings. The Balaban J connectivity index is 1.87. The van der Waals surface area contributed by atoms with Gasteiger partial charge in [-0.1, -0.05) is 6.07 Å². The molecule has 0 aliphatic heterocycles. The van der Waals surface area contributed by atoms with E-state index in [2.05, 4.69) is 20.4 Å². The number of anilines is 2. The molecule has 0 saturated heterocycles. The lowest BCUT2D eigenvalue weighted by Crippen LogP contribution is -2.41. The minimum Gasteiger partial charge on any atom is -0.368 e. The fourth-order valence-corrected chi connectivity index (χ4v) is 2.42. The highest BCUT2D eigenvalue weighted by Crippen LogP contribution is 2.34. The molecular weight excluding hydrogens is 351 g/mol. The number of aromatic nitrogens is 4. The molecule has 3 rings (SSSR count). The summed E-state index contributed by atoms with van der Waals surface area (Å²) >= 11 is 0. The molecule has 0 aromatic carbocycles. The number of hydrogen-bond donors (Lipinski definition) is 3. The van der Waals surface area contributed by atoms with E-state index < -0.39 is 18.2 Å². The highest BCUT2D eigenvalue weighted by Gasteiger charge is 2.44. The van der Waals surface area contributed by atoms with Gasteiger partial charge in [-0.2, -0.15) is 18.3 Å². The minimum atomic E-state index is -4.74.